The first-order chi connectivity index (χ1) is 18.3. The minimum Gasteiger partial charge on any atom is -0.361 e. The van der Waals surface area contributed by atoms with E-state index in [0.29, 0.717) is 38.9 Å². The van der Waals surface area contributed by atoms with E-state index in [1.54, 1.807) is 44.4 Å². The zero-order chi connectivity index (χ0) is 26.8. The van der Waals surface area contributed by atoms with Crippen LogP contribution in [0, 0.1) is 31.4 Å². The second-order valence-electron chi connectivity index (χ2n) is 9.41. The summed E-state index contributed by atoms with van der Waals surface area (Å²) in [7, 11) is 0. The highest BCUT2D eigenvalue weighted by molar-refractivity contribution is 5.89. The van der Waals surface area contributed by atoms with Crippen LogP contribution < -0.4 is 5.32 Å². The highest BCUT2D eigenvalue weighted by Gasteiger charge is 2.22. The van der Waals surface area contributed by atoms with Crippen molar-refractivity contribution in [3.05, 3.63) is 119 Å². The molecule has 1 amide bonds. The number of hydrogen-bond donors (Lipinski definition) is 2. The second kappa shape index (κ2) is 10.5. The summed E-state index contributed by atoms with van der Waals surface area (Å²) in [5.41, 5.74) is 5.07. The summed E-state index contributed by atoms with van der Waals surface area (Å²) in [6, 6.07) is 13.7. The van der Waals surface area contributed by atoms with Gasteiger partial charge in [-0.1, -0.05) is 12.1 Å². The van der Waals surface area contributed by atoms with Crippen molar-refractivity contribution in [1.82, 2.24) is 20.3 Å². The van der Waals surface area contributed by atoms with E-state index in [-0.39, 0.29) is 30.4 Å². The maximum Gasteiger partial charge on any atom is 0.225 e. The van der Waals surface area contributed by atoms with Crippen LogP contribution in [0.4, 0.5) is 13.2 Å². The molecule has 2 N–H and O–H groups in total. The Labute approximate surface area is 217 Å². The largest absolute Gasteiger partial charge is 0.361 e. The molecule has 3 heterocycles. The van der Waals surface area contributed by atoms with Gasteiger partial charge in [-0.3, -0.25) is 9.78 Å². The summed E-state index contributed by atoms with van der Waals surface area (Å²) in [4.78, 5) is 24.8. The molecular formula is C30H25F3N4O. The van der Waals surface area contributed by atoms with Gasteiger partial charge >= 0.3 is 0 Å². The first-order valence-electron chi connectivity index (χ1n) is 12.1. The number of carbonyl (C=O) groups is 1. The van der Waals surface area contributed by atoms with Crippen LogP contribution in [-0.4, -0.2) is 20.9 Å². The van der Waals surface area contributed by atoms with Gasteiger partial charge in [-0.25, -0.2) is 13.8 Å². The number of nitrogens with one attached hydrogen (secondary N) is 2. The van der Waals surface area contributed by atoms with E-state index in [4.69, 9.17) is 0 Å². The molecule has 0 aliphatic rings. The summed E-state index contributed by atoms with van der Waals surface area (Å²) in [5, 5.41) is 3.68. The summed E-state index contributed by atoms with van der Waals surface area (Å²) >= 11 is 0. The van der Waals surface area contributed by atoms with Gasteiger partial charge in [-0.2, -0.15) is 4.39 Å². The highest BCUT2D eigenvalue weighted by Crippen LogP contribution is 2.30. The van der Waals surface area contributed by atoms with Crippen molar-refractivity contribution in [3.8, 4) is 11.1 Å². The molecule has 192 valence electrons. The lowest BCUT2D eigenvalue weighted by Gasteiger charge is -2.22. The number of fused-ring (bicyclic) bond motifs is 1. The Balaban J connectivity index is 1.51. The van der Waals surface area contributed by atoms with Crippen LogP contribution in [0.1, 0.15) is 34.0 Å². The number of benzene rings is 2. The first kappa shape index (κ1) is 25.2. The Morgan fingerprint density at radius 1 is 1.00 bits per heavy atom. The minimum absolute atomic E-state index is 0.00150. The van der Waals surface area contributed by atoms with Crippen molar-refractivity contribution in [2.45, 2.75) is 32.7 Å². The second-order valence-corrected chi connectivity index (χ2v) is 9.41. The quantitative estimate of drug-likeness (QED) is 0.250. The zero-order valence-corrected chi connectivity index (χ0v) is 20.9. The molecule has 8 heteroatoms. The van der Waals surface area contributed by atoms with Gasteiger partial charge in [0, 0.05) is 46.2 Å². The van der Waals surface area contributed by atoms with Crippen LogP contribution in [0.15, 0.2) is 73.2 Å². The van der Waals surface area contributed by atoms with Gasteiger partial charge in [0.1, 0.15) is 11.6 Å². The Bertz CT molecular complexity index is 1630. The van der Waals surface area contributed by atoms with Gasteiger partial charge in [-0.15, -0.1) is 0 Å². The van der Waals surface area contributed by atoms with Crippen LogP contribution >= 0.6 is 0 Å². The number of carbonyl (C=O) groups excluding carboxylic acids is 1. The maximum atomic E-state index is 14.2. The van der Waals surface area contributed by atoms with E-state index in [2.05, 4.69) is 20.3 Å². The van der Waals surface area contributed by atoms with Crippen LogP contribution in [0.2, 0.25) is 0 Å². The number of halogens is 3. The van der Waals surface area contributed by atoms with Gasteiger partial charge in [-0.05, 0) is 79.4 Å². The van der Waals surface area contributed by atoms with Crippen LogP contribution in [-0.2, 0) is 17.6 Å². The molecule has 0 fully saturated rings. The normalized spacial score (nSPS) is 12.0. The van der Waals surface area contributed by atoms with E-state index in [1.807, 2.05) is 12.1 Å². The van der Waals surface area contributed by atoms with E-state index in [9.17, 15) is 18.0 Å². The first-order valence-corrected chi connectivity index (χ1v) is 12.1. The third-order valence-corrected chi connectivity index (χ3v) is 6.45. The number of pyridine rings is 2. The van der Waals surface area contributed by atoms with E-state index < -0.39 is 12.0 Å². The molecular weight excluding hydrogens is 489 g/mol. The van der Waals surface area contributed by atoms with E-state index in [0.717, 1.165) is 11.1 Å². The number of H-pyrrole nitrogens is 1. The molecule has 0 saturated heterocycles. The van der Waals surface area contributed by atoms with E-state index in [1.165, 1.54) is 30.5 Å². The predicted molar refractivity (Wildman–Crippen MR) is 140 cm³/mol. The molecule has 0 spiro atoms. The summed E-state index contributed by atoms with van der Waals surface area (Å²) in [5.74, 6) is -1.63. The molecule has 2 aromatic carbocycles. The lowest BCUT2D eigenvalue weighted by atomic mass is 9.95. The summed E-state index contributed by atoms with van der Waals surface area (Å²) in [6.07, 6.45) is 5.00. The summed E-state index contributed by atoms with van der Waals surface area (Å²) in [6.45, 7) is 3.43. The Hall–Kier alpha value is -4.46. The Morgan fingerprint density at radius 3 is 2.63 bits per heavy atom. The molecule has 3 aromatic heterocycles. The van der Waals surface area contributed by atoms with Gasteiger partial charge in [0.15, 0.2) is 0 Å². The molecule has 0 radical (unpaired) electrons. The SMILES string of the molecule is Cc1cc(F)cc(C[C@H](NC(=O)Cc2c[nH]c3ccc(F)cc23)c2ncccc2-c2cnc(F)c(C)c2)c1. The van der Waals surface area contributed by atoms with Crippen LogP contribution in [0.25, 0.3) is 22.0 Å². The fourth-order valence-corrected chi connectivity index (χ4v) is 4.74. The van der Waals surface area contributed by atoms with Gasteiger partial charge < -0.3 is 10.3 Å². The predicted octanol–water partition coefficient (Wildman–Crippen LogP) is 6.30. The van der Waals surface area contributed by atoms with Crippen molar-refractivity contribution in [3.63, 3.8) is 0 Å². The van der Waals surface area contributed by atoms with Gasteiger partial charge in [0.2, 0.25) is 11.9 Å². The monoisotopic (exact) mass is 514 g/mol. The standard InChI is InChI=1S/C30H25F3N4O/c1-17-8-19(11-23(32)9-17)12-27(29-24(4-3-7-34-29)20-10-18(2)30(33)36-16-20)37-28(38)13-21-15-35-26-6-5-22(31)14-25(21)26/h3-11,14-16,27,35H,12-13H2,1-2H3,(H,37,38)/t27-/m0/s1. The number of rotatable bonds is 7. The highest BCUT2D eigenvalue weighted by atomic mass is 19.1. The fourth-order valence-electron chi connectivity index (χ4n) is 4.74. The van der Waals surface area contributed by atoms with Crippen molar-refractivity contribution >= 4 is 16.8 Å². The maximum absolute atomic E-state index is 14.2. The summed E-state index contributed by atoms with van der Waals surface area (Å²) < 4.78 is 41.9. The molecule has 5 rings (SSSR count). The zero-order valence-electron chi connectivity index (χ0n) is 20.9. The van der Waals surface area contributed by atoms with Gasteiger partial charge in [0.05, 0.1) is 18.2 Å². The van der Waals surface area contributed by atoms with Crippen LogP contribution in [0.5, 0.6) is 0 Å². The minimum atomic E-state index is -0.632. The topological polar surface area (TPSA) is 70.7 Å². The fraction of sp³-hybridized carbons (Fsp3) is 0.167. The van der Waals surface area contributed by atoms with Crippen LogP contribution in [0.3, 0.4) is 0 Å². The molecule has 0 saturated carbocycles. The number of amides is 1. The van der Waals surface area contributed by atoms with Crippen molar-refractivity contribution in [1.29, 1.82) is 0 Å². The number of aromatic amines is 1. The Morgan fingerprint density at radius 2 is 1.84 bits per heavy atom. The smallest absolute Gasteiger partial charge is 0.225 e. The molecule has 0 aliphatic carbocycles. The molecule has 1 atom stereocenters. The average Bonchev–Trinajstić information content (AvgIpc) is 3.26. The number of hydrogen-bond acceptors (Lipinski definition) is 3. The van der Waals surface area contributed by atoms with Crippen molar-refractivity contribution in [2.75, 3.05) is 0 Å². The molecule has 38 heavy (non-hydrogen) atoms. The molecule has 0 bridgehead atoms. The number of aromatic nitrogens is 3. The molecule has 0 unspecified atom stereocenters. The third kappa shape index (κ3) is 5.44. The Kier molecular flexibility index (Phi) is 6.96. The lowest BCUT2D eigenvalue weighted by Crippen LogP contribution is -2.32. The number of nitrogens with zero attached hydrogens (tertiary/aromatic N) is 2. The van der Waals surface area contributed by atoms with Crippen molar-refractivity contribution < 1.29 is 18.0 Å². The molecule has 5 aromatic rings. The van der Waals surface area contributed by atoms with E-state index >= 15 is 0 Å². The lowest BCUT2D eigenvalue weighted by molar-refractivity contribution is -0.121. The third-order valence-electron chi connectivity index (χ3n) is 6.45. The van der Waals surface area contributed by atoms with Crippen molar-refractivity contribution in [2.24, 2.45) is 0 Å². The molecule has 5 nitrogen and oxygen atoms in total. The number of aryl methyl sites for hydroxylation is 2. The van der Waals surface area contributed by atoms with Gasteiger partial charge in [0.25, 0.3) is 0 Å². The average molecular weight is 515 g/mol. The molecule has 0 aliphatic heterocycles.